The van der Waals surface area contributed by atoms with Crippen molar-refractivity contribution in [3.8, 4) is 0 Å². The molecule has 0 spiro atoms. The molecular formula is C14H19BrN2O2. The number of rotatable bonds is 5. The van der Waals surface area contributed by atoms with Crippen LogP contribution >= 0.6 is 15.9 Å². The van der Waals surface area contributed by atoms with Gasteiger partial charge >= 0.3 is 0 Å². The summed E-state index contributed by atoms with van der Waals surface area (Å²) in [5, 5.41) is 6.00. The average molecular weight is 327 g/mol. The number of hydrogen-bond acceptors (Lipinski definition) is 3. The highest BCUT2D eigenvalue weighted by Gasteiger charge is 2.15. The van der Waals surface area contributed by atoms with Crippen molar-refractivity contribution in [2.24, 2.45) is 0 Å². The Labute approximate surface area is 122 Å². The summed E-state index contributed by atoms with van der Waals surface area (Å²) in [6.07, 6.45) is 2.32. The van der Waals surface area contributed by atoms with E-state index in [4.69, 9.17) is 4.74 Å². The third-order valence-electron chi connectivity index (χ3n) is 3.11. The van der Waals surface area contributed by atoms with Crippen LogP contribution in [0.1, 0.15) is 18.4 Å². The summed E-state index contributed by atoms with van der Waals surface area (Å²) in [6, 6.07) is 6.00. The lowest BCUT2D eigenvalue weighted by atomic mass is 10.2. The molecule has 2 rings (SSSR count). The second-order valence-electron chi connectivity index (χ2n) is 4.78. The van der Waals surface area contributed by atoms with Crippen LogP contribution in [-0.2, 0) is 9.53 Å². The molecule has 1 unspecified atom stereocenters. The van der Waals surface area contributed by atoms with Crippen LogP contribution in [0, 0.1) is 6.92 Å². The summed E-state index contributed by atoms with van der Waals surface area (Å²) in [5.74, 6) is -0.0111. The maximum absolute atomic E-state index is 11.7. The molecule has 0 saturated carbocycles. The van der Waals surface area contributed by atoms with E-state index in [2.05, 4.69) is 26.6 Å². The van der Waals surface area contributed by atoms with Gasteiger partial charge in [0.15, 0.2) is 0 Å². The first kappa shape index (κ1) is 14.3. The van der Waals surface area contributed by atoms with Crippen LogP contribution in [0.25, 0.3) is 0 Å². The van der Waals surface area contributed by atoms with Crippen molar-refractivity contribution in [2.45, 2.75) is 25.9 Å². The van der Waals surface area contributed by atoms with Gasteiger partial charge in [-0.2, -0.15) is 0 Å². The molecule has 1 amide bonds. The first-order valence-electron chi connectivity index (χ1n) is 6.53. The minimum atomic E-state index is -0.0111. The molecule has 1 saturated heterocycles. The summed E-state index contributed by atoms with van der Waals surface area (Å²) >= 11 is 3.48. The van der Waals surface area contributed by atoms with Crippen molar-refractivity contribution in [1.29, 1.82) is 0 Å². The minimum Gasteiger partial charge on any atom is -0.376 e. The predicted molar refractivity (Wildman–Crippen MR) is 79.4 cm³/mol. The largest absolute Gasteiger partial charge is 0.376 e. The second-order valence-corrected chi connectivity index (χ2v) is 5.63. The SMILES string of the molecule is Cc1ccc(NCC(=O)NCC2CCCO2)c(Br)c1. The number of carbonyl (C=O) groups excluding carboxylic acids is 1. The summed E-state index contributed by atoms with van der Waals surface area (Å²) in [6.45, 7) is 3.72. The lowest BCUT2D eigenvalue weighted by molar-refractivity contribution is -0.119. The van der Waals surface area contributed by atoms with Crippen LogP contribution in [0.3, 0.4) is 0 Å². The minimum absolute atomic E-state index is 0.0111. The highest BCUT2D eigenvalue weighted by atomic mass is 79.9. The molecule has 1 aliphatic heterocycles. The number of anilines is 1. The summed E-state index contributed by atoms with van der Waals surface area (Å²) in [4.78, 5) is 11.7. The molecule has 1 fully saturated rings. The maximum atomic E-state index is 11.7. The number of amides is 1. The fraction of sp³-hybridized carbons (Fsp3) is 0.500. The van der Waals surface area contributed by atoms with Gasteiger partial charge in [-0.3, -0.25) is 4.79 Å². The van der Waals surface area contributed by atoms with E-state index in [1.165, 1.54) is 5.56 Å². The van der Waals surface area contributed by atoms with E-state index in [0.717, 1.165) is 29.6 Å². The fourth-order valence-corrected chi connectivity index (χ4v) is 2.67. The van der Waals surface area contributed by atoms with E-state index in [-0.39, 0.29) is 18.6 Å². The van der Waals surface area contributed by atoms with Crippen molar-refractivity contribution in [3.05, 3.63) is 28.2 Å². The van der Waals surface area contributed by atoms with E-state index >= 15 is 0 Å². The molecule has 1 aliphatic rings. The van der Waals surface area contributed by atoms with Crippen LogP contribution in [-0.4, -0.2) is 31.7 Å². The molecule has 104 valence electrons. The molecule has 1 atom stereocenters. The Bertz CT molecular complexity index is 445. The Hall–Kier alpha value is -1.07. The molecular weight excluding hydrogens is 308 g/mol. The number of aryl methyl sites for hydroxylation is 1. The van der Waals surface area contributed by atoms with Gasteiger partial charge in [-0.15, -0.1) is 0 Å². The molecule has 2 N–H and O–H groups in total. The van der Waals surface area contributed by atoms with Crippen LogP contribution in [0.2, 0.25) is 0 Å². The molecule has 5 heteroatoms. The molecule has 4 nitrogen and oxygen atoms in total. The lowest BCUT2D eigenvalue weighted by Crippen LogP contribution is -2.35. The van der Waals surface area contributed by atoms with Crippen molar-refractivity contribution >= 4 is 27.5 Å². The van der Waals surface area contributed by atoms with Gasteiger partial charge in [-0.25, -0.2) is 0 Å². The Morgan fingerprint density at radius 1 is 1.53 bits per heavy atom. The number of halogens is 1. The van der Waals surface area contributed by atoms with Crippen LogP contribution in [0.15, 0.2) is 22.7 Å². The van der Waals surface area contributed by atoms with Crippen LogP contribution in [0.4, 0.5) is 5.69 Å². The number of carbonyl (C=O) groups is 1. The zero-order valence-corrected chi connectivity index (χ0v) is 12.6. The van der Waals surface area contributed by atoms with Gasteiger partial charge in [-0.05, 0) is 53.4 Å². The standard InChI is InChI=1S/C14H19BrN2O2/c1-10-4-5-13(12(15)7-10)16-9-14(18)17-8-11-3-2-6-19-11/h4-5,7,11,16H,2-3,6,8-9H2,1H3,(H,17,18). The quantitative estimate of drug-likeness (QED) is 0.873. The van der Waals surface area contributed by atoms with Crippen molar-refractivity contribution < 1.29 is 9.53 Å². The van der Waals surface area contributed by atoms with E-state index in [1.807, 2.05) is 25.1 Å². The average Bonchev–Trinajstić information content (AvgIpc) is 2.88. The fourth-order valence-electron chi connectivity index (χ4n) is 2.03. The number of benzene rings is 1. The molecule has 1 aromatic carbocycles. The van der Waals surface area contributed by atoms with Gasteiger partial charge in [-0.1, -0.05) is 6.07 Å². The number of nitrogens with one attached hydrogen (secondary N) is 2. The smallest absolute Gasteiger partial charge is 0.239 e. The molecule has 0 aromatic heterocycles. The van der Waals surface area contributed by atoms with E-state index < -0.39 is 0 Å². The molecule has 19 heavy (non-hydrogen) atoms. The highest BCUT2D eigenvalue weighted by molar-refractivity contribution is 9.10. The van der Waals surface area contributed by atoms with Crippen molar-refractivity contribution in [3.63, 3.8) is 0 Å². The third-order valence-corrected chi connectivity index (χ3v) is 3.77. The Morgan fingerprint density at radius 2 is 2.37 bits per heavy atom. The topological polar surface area (TPSA) is 50.4 Å². The van der Waals surface area contributed by atoms with Crippen LogP contribution in [0.5, 0.6) is 0 Å². The van der Waals surface area contributed by atoms with E-state index in [1.54, 1.807) is 0 Å². The summed E-state index contributed by atoms with van der Waals surface area (Å²) < 4.78 is 6.43. The monoisotopic (exact) mass is 326 g/mol. The van der Waals surface area contributed by atoms with E-state index in [9.17, 15) is 4.79 Å². The van der Waals surface area contributed by atoms with Gasteiger partial charge in [0.25, 0.3) is 0 Å². The van der Waals surface area contributed by atoms with Gasteiger partial charge in [0.2, 0.25) is 5.91 Å². The van der Waals surface area contributed by atoms with Crippen LogP contribution < -0.4 is 10.6 Å². The Morgan fingerprint density at radius 3 is 3.05 bits per heavy atom. The molecule has 0 radical (unpaired) electrons. The number of hydrogen-bond donors (Lipinski definition) is 2. The highest BCUT2D eigenvalue weighted by Crippen LogP contribution is 2.22. The van der Waals surface area contributed by atoms with Gasteiger partial charge in [0.1, 0.15) is 0 Å². The zero-order chi connectivity index (χ0) is 13.7. The zero-order valence-electron chi connectivity index (χ0n) is 11.0. The van der Waals surface area contributed by atoms with Crippen molar-refractivity contribution in [1.82, 2.24) is 5.32 Å². The molecule has 1 heterocycles. The van der Waals surface area contributed by atoms with Gasteiger partial charge < -0.3 is 15.4 Å². The maximum Gasteiger partial charge on any atom is 0.239 e. The molecule has 1 aromatic rings. The summed E-state index contributed by atoms with van der Waals surface area (Å²) in [5.41, 5.74) is 2.11. The molecule has 0 bridgehead atoms. The first-order chi connectivity index (χ1) is 9.15. The van der Waals surface area contributed by atoms with Gasteiger partial charge in [0, 0.05) is 23.3 Å². The third kappa shape index (κ3) is 4.51. The molecule has 0 aliphatic carbocycles. The Balaban J connectivity index is 1.73. The normalized spacial score (nSPS) is 18.3. The first-order valence-corrected chi connectivity index (χ1v) is 7.33. The van der Waals surface area contributed by atoms with Gasteiger partial charge in [0.05, 0.1) is 12.6 Å². The second kappa shape index (κ2) is 6.91. The Kier molecular flexibility index (Phi) is 5.22. The van der Waals surface area contributed by atoms with Crippen molar-refractivity contribution in [2.75, 3.05) is 25.0 Å². The summed E-state index contributed by atoms with van der Waals surface area (Å²) in [7, 11) is 0. The van der Waals surface area contributed by atoms with E-state index in [0.29, 0.717) is 6.54 Å². The predicted octanol–water partition coefficient (Wildman–Crippen LogP) is 2.46. The lowest BCUT2D eigenvalue weighted by Gasteiger charge is -2.12. The number of ether oxygens (including phenoxy) is 1.